The Labute approximate surface area is 194 Å². The summed E-state index contributed by atoms with van der Waals surface area (Å²) in [4.78, 5) is 24.0. The maximum absolute atomic E-state index is 12.8. The molecule has 34 heavy (non-hydrogen) atoms. The monoisotopic (exact) mass is 474 g/mol. The van der Waals surface area contributed by atoms with E-state index in [9.17, 15) is 27.9 Å². The number of ether oxygens (including phenoxy) is 1. The highest BCUT2D eigenvalue weighted by Gasteiger charge is 2.50. The lowest BCUT2D eigenvalue weighted by atomic mass is 10.00. The predicted octanol–water partition coefficient (Wildman–Crippen LogP) is 4.94. The van der Waals surface area contributed by atoms with Crippen LogP contribution in [0, 0.1) is 5.41 Å². The topological polar surface area (TPSA) is 80.6 Å². The quantitative estimate of drug-likeness (QED) is 0.485. The van der Waals surface area contributed by atoms with Crippen LogP contribution in [0.15, 0.2) is 42.6 Å². The van der Waals surface area contributed by atoms with E-state index in [1.165, 1.54) is 19.2 Å². The molecule has 1 aliphatic carbocycles. The van der Waals surface area contributed by atoms with Crippen molar-refractivity contribution in [3.8, 4) is 5.75 Å². The number of carbonyl (C=O) groups excluding carboxylic acids is 1. The normalized spacial score (nSPS) is 14.7. The van der Waals surface area contributed by atoms with Gasteiger partial charge in [0.05, 0.1) is 19.1 Å². The summed E-state index contributed by atoms with van der Waals surface area (Å²) in [5.74, 6) is -1.01. The second kappa shape index (κ2) is 8.70. The van der Waals surface area contributed by atoms with Gasteiger partial charge in [-0.25, -0.2) is 4.79 Å². The molecule has 3 aromatic rings. The van der Waals surface area contributed by atoms with Crippen LogP contribution >= 0.6 is 0 Å². The van der Waals surface area contributed by atoms with Gasteiger partial charge in [-0.15, -0.1) is 0 Å². The number of hydrogen-bond acceptors (Lipinski definition) is 3. The first-order valence-electron chi connectivity index (χ1n) is 10.8. The van der Waals surface area contributed by atoms with E-state index in [1.807, 2.05) is 17.8 Å². The summed E-state index contributed by atoms with van der Waals surface area (Å²) in [7, 11) is 3.35. The van der Waals surface area contributed by atoms with Crippen molar-refractivity contribution in [3.05, 3.63) is 64.8 Å². The number of rotatable bonds is 8. The van der Waals surface area contributed by atoms with Gasteiger partial charge in [0.1, 0.15) is 5.75 Å². The number of fused-ring (bicyclic) bond motifs is 1. The van der Waals surface area contributed by atoms with Gasteiger partial charge >= 0.3 is 12.1 Å². The molecule has 0 saturated heterocycles. The minimum Gasteiger partial charge on any atom is -0.496 e. The molecule has 4 rings (SSSR count). The van der Waals surface area contributed by atoms with E-state index in [0.717, 1.165) is 22.0 Å². The number of hydrogen-bond donors (Lipinski definition) is 2. The zero-order chi connectivity index (χ0) is 24.7. The average molecular weight is 474 g/mol. The van der Waals surface area contributed by atoms with Crippen LogP contribution in [0.25, 0.3) is 10.9 Å². The van der Waals surface area contributed by atoms with Crippen molar-refractivity contribution in [3.63, 3.8) is 0 Å². The number of aromatic nitrogens is 1. The minimum absolute atomic E-state index is 0.00183. The number of alkyl halides is 3. The number of methoxy groups -OCH3 is 1. The first-order chi connectivity index (χ1) is 16.0. The number of aromatic carboxylic acids is 1. The van der Waals surface area contributed by atoms with E-state index in [2.05, 4.69) is 5.32 Å². The van der Waals surface area contributed by atoms with Crippen LogP contribution in [0.5, 0.6) is 5.75 Å². The second-order valence-electron chi connectivity index (χ2n) is 8.98. The lowest BCUT2D eigenvalue weighted by Gasteiger charge is -2.18. The van der Waals surface area contributed by atoms with Gasteiger partial charge in [-0.3, -0.25) is 4.79 Å². The van der Waals surface area contributed by atoms with E-state index >= 15 is 0 Å². The molecule has 0 aliphatic heterocycles. The van der Waals surface area contributed by atoms with Crippen LogP contribution in [0.3, 0.4) is 0 Å². The molecule has 0 unspecified atom stereocenters. The number of halogens is 3. The van der Waals surface area contributed by atoms with E-state index in [0.29, 0.717) is 30.6 Å². The third-order valence-electron chi connectivity index (χ3n) is 6.41. The Bertz CT molecular complexity index is 1260. The number of carboxylic acid groups (broad SMARTS) is 1. The summed E-state index contributed by atoms with van der Waals surface area (Å²) in [6.07, 6.45) is -1.85. The Morgan fingerprint density at radius 2 is 1.82 bits per heavy atom. The smallest absolute Gasteiger partial charge is 0.389 e. The lowest BCUT2D eigenvalue weighted by molar-refractivity contribution is -0.147. The van der Waals surface area contributed by atoms with E-state index in [1.54, 1.807) is 24.3 Å². The minimum atomic E-state index is -4.25. The fourth-order valence-corrected chi connectivity index (χ4v) is 4.37. The van der Waals surface area contributed by atoms with Crippen molar-refractivity contribution in [2.24, 2.45) is 12.5 Å². The molecule has 2 aromatic carbocycles. The second-order valence-corrected chi connectivity index (χ2v) is 8.98. The molecule has 1 amide bonds. The van der Waals surface area contributed by atoms with E-state index in [-0.39, 0.29) is 12.1 Å². The van der Waals surface area contributed by atoms with Gasteiger partial charge in [0.15, 0.2) is 0 Å². The zero-order valence-corrected chi connectivity index (χ0v) is 18.8. The summed E-state index contributed by atoms with van der Waals surface area (Å²) in [5, 5.41) is 12.7. The van der Waals surface area contributed by atoms with Crippen LogP contribution in [0.1, 0.15) is 51.1 Å². The number of benzene rings is 2. The van der Waals surface area contributed by atoms with Crippen molar-refractivity contribution < 1.29 is 32.6 Å². The first kappa shape index (κ1) is 23.7. The molecule has 1 heterocycles. The van der Waals surface area contributed by atoms with Crippen molar-refractivity contribution in [1.82, 2.24) is 9.88 Å². The average Bonchev–Trinajstić information content (AvgIpc) is 3.46. The Morgan fingerprint density at radius 1 is 1.12 bits per heavy atom. The highest BCUT2D eigenvalue weighted by atomic mass is 19.4. The molecule has 6 nitrogen and oxygen atoms in total. The number of aryl methyl sites for hydroxylation is 1. The van der Waals surface area contributed by atoms with E-state index < -0.39 is 29.9 Å². The molecule has 9 heteroatoms. The zero-order valence-electron chi connectivity index (χ0n) is 18.8. The molecule has 0 radical (unpaired) electrons. The number of carboxylic acids is 1. The molecule has 0 spiro atoms. The molecular formula is C25H25F3N2O4. The van der Waals surface area contributed by atoms with Crippen LogP contribution in [0.4, 0.5) is 13.2 Å². The van der Waals surface area contributed by atoms with Gasteiger partial charge < -0.3 is 19.7 Å². The molecule has 180 valence electrons. The van der Waals surface area contributed by atoms with Crippen molar-refractivity contribution in [2.45, 2.75) is 31.9 Å². The largest absolute Gasteiger partial charge is 0.496 e. The molecular weight excluding hydrogens is 449 g/mol. The number of amides is 1. The van der Waals surface area contributed by atoms with Crippen molar-refractivity contribution >= 4 is 22.8 Å². The van der Waals surface area contributed by atoms with Crippen LogP contribution in [-0.2, 0) is 13.5 Å². The molecule has 1 saturated carbocycles. The summed E-state index contributed by atoms with van der Waals surface area (Å²) >= 11 is 0. The van der Waals surface area contributed by atoms with Crippen molar-refractivity contribution in [2.75, 3.05) is 13.7 Å². The fraction of sp³-hybridized carbons (Fsp3) is 0.360. The number of nitrogens with zero attached hydrogens (tertiary/aromatic N) is 1. The van der Waals surface area contributed by atoms with Crippen LogP contribution in [0.2, 0.25) is 0 Å². The predicted molar refractivity (Wildman–Crippen MR) is 120 cm³/mol. The Morgan fingerprint density at radius 3 is 2.44 bits per heavy atom. The van der Waals surface area contributed by atoms with Crippen LogP contribution < -0.4 is 10.1 Å². The maximum Gasteiger partial charge on any atom is 0.389 e. The van der Waals surface area contributed by atoms with Gasteiger partial charge in [-0.1, -0.05) is 6.07 Å². The summed E-state index contributed by atoms with van der Waals surface area (Å²) < 4.78 is 45.7. The Balaban J connectivity index is 1.56. The third kappa shape index (κ3) is 5.03. The van der Waals surface area contributed by atoms with E-state index in [4.69, 9.17) is 4.74 Å². The molecule has 2 N–H and O–H groups in total. The summed E-state index contributed by atoms with van der Waals surface area (Å²) in [5.41, 5.74) is 2.20. The maximum atomic E-state index is 12.8. The SMILES string of the molecule is COc1cc(C(=O)O)ccc1Cc1cn(C)c2ccc(C(=O)NCC3(CC(F)(F)F)CC3)cc12. The van der Waals surface area contributed by atoms with Crippen LogP contribution in [-0.4, -0.2) is 41.4 Å². The molecule has 1 fully saturated rings. The molecule has 1 aromatic heterocycles. The van der Waals surface area contributed by atoms with Gasteiger partial charge in [0.2, 0.25) is 0 Å². The Hall–Kier alpha value is -3.49. The fourth-order valence-electron chi connectivity index (χ4n) is 4.37. The van der Waals surface area contributed by atoms with Gasteiger partial charge in [0.25, 0.3) is 5.91 Å². The first-order valence-corrected chi connectivity index (χ1v) is 10.8. The van der Waals surface area contributed by atoms with Gasteiger partial charge in [-0.2, -0.15) is 13.2 Å². The standard InChI is InChI=1S/C25H25F3N2O4/c1-30-12-18(9-15-3-4-17(23(32)33)11-21(15)34-2)19-10-16(5-6-20(19)30)22(31)29-14-24(7-8-24)13-25(26,27)28/h3-6,10-12H,7-9,13-14H2,1-2H3,(H,29,31)(H,32,33). The molecule has 1 aliphatic rings. The number of carbonyl (C=O) groups is 2. The lowest BCUT2D eigenvalue weighted by Crippen LogP contribution is -2.32. The summed E-state index contributed by atoms with van der Waals surface area (Å²) in [6, 6.07) is 9.89. The molecule has 0 atom stereocenters. The van der Waals surface area contributed by atoms with Crippen molar-refractivity contribution in [1.29, 1.82) is 0 Å². The Kier molecular flexibility index (Phi) is 6.05. The van der Waals surface area contributed by atoms with Gasteiger partial charge in [0, 0.05) is 42.7 Å². The highest BCUT2D eigenvalue weighted by molar-refractivity contribution is 5.99. The molecule has 0 bridgehead atoms. The van der Waals surface area contributed by atoms with Gasteiger partial charge in [-0.05, 0) is 59.7 Å². The summed E-state index contributed by atoms with van der Waals surface area (Å²) in [6.45, 7) is -0.00183. The third-order valence-corrected chi connectivity index (χ3v) is 6.41. The number of nitrogens with one attached hydrogen (secondary N) is 1. The highest BCUT2D eigenvalue weighted by Crippen LogP contribution is 2.52.